The van der Waals surface area contributed by atoms with Gasteiger partial charge in [-0.2, -0.15) is 17.0 Å². The lowest BCUT2D eigenvalue weighted by molar-refractivity contribution is 0.515. The number of nitrogens with zero attached hydrogens (tertiary/aromatic N) is 2. The van der Waals surface area contributed by atoms with Gasteiger partial charge in [-0.25, -0.2) is 4.98 Å². The van der Waals surface area contributed by atoms with Crippen molar-refractivity contribution in [2.75, 3.05) is 29.1 Å². The van der Waals surface area contributed by atoms with E-state index in [1.807, 2.05) is 23.9 Å². The molecule has 0 bridgehead atoms. The molecule has 0 saturated carbocycles. The second-order valence-corrected chi connectivity index (χ2v) is 5.40. The highest BCUT2D eigenvalue weighted by atomic mass is 32.2. The van der Waals surface area contributed by atoms with Crippen molar-refractivity contribution < 1.29 is 0 Å². The second kappa shape index (κ2) is 5.78. The molecule has 4 nitrogen and oxygen atoms in total. The third-order valence-electron chi connectivity index (χ3n) is 2.96. The molecule has 5 heteroatoms. The summed E-state index contributed by atoms with van der Waals surface area (Å²) in [4.78, 5) is 4.17. The number of rotatable bonds is 3. The minimum atomic E-state index is 0.302. The average Bonchev–Trinajstić information content (AvgIpc) is 2.38. The summed E-state index contributed by atoms with van der Waals surface area (Å²) in [5.74, 6) is 4.32. The van der Waals surface area contributed by atoms with Crippen molar-refractivity contribution in [1.82, 2.24) is 4.98 Å². The summed E-state index contributed by atoms with van der Waals surface area (Å²) in [5.41, 5.74) is 6.10. The van der Waals surface area contributed by atoms with Crippen molar-refractivity contribution in [3.63, 3.8) is 0 Å². The molecule has 3 N–H and O–H groups in total. The van der Waals surface area contributed by atoms with Crippen LogP contribution in [0, 0.1) is 17.2 Å². The number of aromatic nitrogens is 1. The Morgan fingerprint density at radius 3 is 2.88 bits per heavy atom. The van der Waals surface area contributed by atoms with Gasteiger partial charge in [-0.15, -0.1) is 0 Å². The van der Waals surface area contributed by atoms with E-state index in [0.29, 0.717) is 11.4 Å². The maximum Gasteiger partial charge on any atom is 0.143 e. The summed E-state index contributed by atoms with van der Waals surface area (Å²) >= 11 is 2.03. The Kier molecular flexibility index (Phi) is 4.10. The van der Waals surface area contributed by atoms with E-state index in [-0.39, 0.29) is 0 Å². The third-order valence-corrected chi connectivity index (χ3v) is 4.01. The van der Waals surface area contributed by atoms with Crippen LogP contribution >= 0.6 is 11.8 Å². The highest BCUT2D eigenvalue weighted by molar-refractivity contribution is 7.99. The maximum atomic E-state index is 8.75. The molecule has 0 atom stereocenters. The predicted octanol–water partition coefficient (Wildman–Crippen LogP) is 2.09. The van der Waals surface area contributed by atoms with Crippen LogP contribution in [0.1, 0.15) is 18.4 Å². The quantitative estimate of drug-likeness (QED) is 0.856. The molecule has 17 heavy (non-hydrogen) atoms. The molecular weight excluding hydrogens is 232 g/mol. The predicted molar refractivity (Wildman–Crippen MR) is 71.9 cm³/mol. The van der Waals surface area contributed by atoms with Gasteiger partial charge in [-0.3, -0.25) is 0 Å². The van der Waals surface area contributed by atoms with E-state index >= 15 is 0 Å². The lowest BCUT2D eigenvalue weighted by Crippen LogP contribution is -2.19. The fourth-order valence-electron chi connectivity index (χ4n) is 1.87. The molecule has 1 aromatic rings. The third kappa shape index (κ3) is 3.27. The number of hydrogen-bond acceptors (Lipinski definition) is 5. The number of nitrogen functional groups attached to an aromatic ring is 1. The monoisotopic (exact) mass is 248 g/mol. The Bertz CT molecular complexity index is 421. The minimum Gasteiger partial charge on any atom is -0.383 e. The number of nitrogens with two attached hydrogens (primary N) is 1. The highest BCUT2D eigenvalue weighted by Gasteiger charge is 2.13. The van der Waals surface area contributed by atoms with Gasteiger partial charge < -0.3 is 11.1 Å². The minimum absolute atomic E-state index is 0.302. The van der Waals surface area contributed by atoms with Crippen LogP contribution < -0.4 is 11.1 Å². The van der Waals surface area contributed by atoms with Gasteiger partial charge >= 0.3 is 0 Å². The average molecular weight is 248 g/mol. The molecular formula is C12H16N4S. The zero-order valence-electron chi connectivity index (χ0n) is 9.65. The molecule has 2 rings (SSSR count). The van der Waals surface area contributed by atoms with Gasteiger partial charge in [0.05, 0.1) is 5.56 Å². The lowest BCUT2D eigenvalue weighted by atomic mass is 10.0. The molecule has 0 spiro atoms. The van der Waals surface area contributed by atoms with E-state index in [2.05, 4.69) is 10.3 Å². The largest absolute Gasteiger partial charge is 0.383 e. The Labute approximate surface area is 106 Å². The first-order valence-corrected chi connectivity index (χ1v) is 6.93. The first-order chi connectivity index (χ1) is 8.29. The van der Waals surface area contributed by atoms with E-state index in [1.54, 1.807) is 6.07 Å². The molecule has 1 fully saturated rings. The van der Waals surface area contributed by atoms with Crippen LogP contribution in [-0.2, 0) is 0 Å². The molecule has 1 aromatic heterocycles. The van der Waals surface area contributed by atoms with Crippen molar-refractivity contribution >= 4 is 23.4 Å². The van der Waals surface area contributed by atoms with Crippen LogP contribution in [0.4, 0.5) is 11.6 Å². The van der Waals surface area contributed by atoms with Gasteiger partial charge in [0.2, 0.25) is 0 Å². The second-order valence-electron chi connectivity index (χ2n) is 4.18. The van der Waals surface area contributed by atoms with Crippen molar-refractivity contribution in [3.05, 3.63) is 17.7 Å². The molecule has 0 unspecified atom stereocenters. The van der Waals surface area contributed by atoms with Crippen molar-refractivity contribution in [3.8, 4) is 6.07 Å². The zero-order valence-corrected chi connectivity index (χ0v) is 10.5. The molecule has 0 aromatic carbocycles. The Morgan fingerprint density at radius 1 is 1.47 bits per heavy atom. The molecule has 0 aliphatic carbocycles. The lowest BCUT2D eigenvalue weighted by Gasteiger charge is -2.21. The fourth-order valence-corrected chi connectivity index (χ4v) is 3.07. The van der Waals surface area contributed by atoms with Gasteiger partial charge in [-0.05, 0) is 42.4 Å². The van der Waals surface area contributed by atoms with E-state index in [1.165, 1.54) is 24.3 Å². The maximum absolute atomic E-state index is 8.75. The van der Waals surface area contributed by atoms with Crippen molar-refractivity contribution in [1.29, 1.82) is 5.26 Å². The van der Waals surface area contributed by atoms with Gasteiger partial charge in [0.25, 0.3) is 0 Å². The van der Waals surface area contributed by atoms with Gasteiger partial charge in [-0.1, -0.05) is 0 Å². The number of anilines is 2. The number of nitrogens with one attached hydrogen (secondary N) is 1. The normalized spacial score (nSPS) is 16.4. The van der Waals surface area contributed by atoms with Crippen LogP contribution in [0.15, 0.2) is 12.1 Å². The molecule has 1 aliphatic rings. The molecule has 0 amide bonds. The SMILES string of the molecule is N#Cc1ccc(NCC2CCSCC2)nc1N. The van der Waals surface area contributed by atoms with Crippen LogP contribution in [0.5, 0.6) is 0 Å². The molecule has 0 radical (unpaired) electrons. The van der Waals surface area contributed by atoms with Crippen LogP contribution in [0.25, 0.3) is 0 Å². The first kappa shape index (κ1) is 12.1. The van der Waals surface area contributed by atoms with E-state index < -0.39 is 0 Å². The standard InChI is InChI=1S/C12H16N4S/c13-7-10-1-2-11(16-12(10)14)15-8-9-3-5-17-6-4-9/h1-2,9H,3-6,8H2,(H3,14,15,16). The summed E-state index contributed by atoms with van der Waals surface area (Å²) < 4.78 is 0. The molecule has 2 heterocycles. The molecule has 1 saturated heterocycles. The Balaban J connectivity index is 1.90. The number of pyridine rings is 1. The van der Waals surface area contributed by atoms with Crippen LogP contribution in [-0.4, -0.2) is 23.0 Å². The Hall–Kier alpha value is -1.41. The highest BCUT2D eigenvalue weighted by Crippen LogP contribution is 2.23. The van der Waals surface area contributed by atoms with E-state index in [9.17, 15) is 0 Å². The number of hydrogen-bond donors (Lipinski definition) is 2. The van der Waals surface area contributed by atoms with E-state index in [4.69, 9.17) is 11.0 Å². The fraction of sp³-hybridized carbons (Fsp3) is 0.500. The van der Waals surface area contributed by atoms with Crippen molar-refractivity contribution in [2.24, 2.45) is 5.92 Å². The topological polar surface area (TPSA) is 74.7 Å². The summed E-state index contributed by atoms with van der Waals surface area (Å²) in [7, 11) is 0. The Morgan fingerprint density at radius 2 is 2.24 bits per heavy atom. The summed E-state index contributed by atoms with van der Waals surface area (Å²) in [6.07, 6.45) is 2.53. The number of nitriles is 1. The van der Waals surface area contributed by atoms with Crippen LogP contribution in [0.2, 0.25) is 0 Å². The summed E-state index contributed by atoms with van der Waals surface area (Å²) in [6.45, 7) is 0.943. The van der Waals surface area contributed by atoms with E-state index in [0.717, 1.165) is 18.3 Å². The zero-order chi connectivity index (χ0) is 12.1. The molecule has 1 aliphatic heterocycles. The van der Waals surface area contributed by atoms with Crippen molar-refractivity contribution in [2.45, 2.75) is 12.8 Å². The molecule has 90 valence electrons. The first-order valence-electron chi connectivity index (χ1n) is 5.78. The van der Waals surface area contributed by atoms with Crippen LogP contribution in [0.3, 0.4) is 0 Å². The van der Waals surface area contributed by atoms with Gasteiger partial charge in [0, 0.05) is 6.54 Å². The number of thioether (sulfide) groups is 1. The summed E-state index contributed by atoms with van der Waals surface area (Å²) in [6, 6.07) is 5.53. The van der Waals surface area contributed by atoms with Gasteiger partial charge in [0.1, 0.15) is 17.7 Å². The summed E-state index contributed by atoms with van der Waals surface area (Å²) in [5, 5.41) is 12.0. The van der Waals surface area contributed by atoms with Gasteiger partial charge in [0.15, 0.2) is 0 Å². The smallest absolute Gasteiger partial charge is 0.143 e.